The third-order valence-corrected chi connectivity index (χ3v) is 3.28. The van der Waals surface area contributed by atoms with Crippen LogP contribution < -0.4 is 5.32 Å². The quantitative estimate of drug-likeness (QED) is 0.841. The minimum Gasteiger partial charge on any atom is -0.362 e. The van der Waals surface area contributed by atoms with E-state index in [1.807, 2.05) is 0 Å². The van der Waals surface area contributed by atoms with Crippen LogP contribution in [0.3, 0.4) is 0 Å². The summed E-state index contributed by atoms with van der Waals surface area (Å²) in [5.74, 6) is 1.06. The smallest absolute Gasteiger partial charge is 0.179 e. The first-order valence-corrected chi connectivity index (χ1v) is 6.84. The maximum absolute atomic E-state index is 11.5. The Morgan fingerprint density at radius 2 is 2.18 bits per heavy atom. The van der Waals surface area contributed by atoms with E-state index >= 15 is 0 Å². The van der Waals surface area contributed by atoms with Gasteiger partial charge in [0.25, 0.3) is 0 Å². The van der Waals surface area contributed by atoms with E-state index in [1.54, 1.807) is 24.7 Å². The number of pyridine rings is 1. The van der Waals surface area contributed by atoms with E-state index in [0.29, 0.717) is 12.4 Å². The number of hydrogen-bond acceptors (Lipinski definition) is 5. The number of aromatic amines is 1. The molecule has 0 saturated carbocycles. The highest BCUT2D eigenvalue weighted by atomic mass is 32.2. The minimum absolute atomic E-state index is 0.187. The second-order valence-corrected chi connectivity index (χ2v) is 5.50. The fraction of sp³-hybridized carbons (Fsp3) is 0.200. The minimum atomic E-state index is -3.28. The van der Waals surface area contributed by atoms with Crippen LogP contribution in [0.2, 0.25) is 0 Å². The topological polar surface area (TPSA) is 87.7 Å². The molecule has 2 N–H and O–H groups in total. The second kappa shape index (κ2) is 4.54. The molecule has 2 aromatic rings. The summed E-state index contributed by atoms with van der Waals surface area (Å²) in [6, 6.07) is 3.11. The molecular formula is C10H12N4O2S. The fourth-order valence-corrected chi connectivity index (χ4v) is 2.19. The summed E-state index contributed by atoms with van der Waals surface area (Å²) in [6.07, 6.45) is 6.03. The molecule has 0 aromatic carbocycles. The van der Waals surface area contributed by atoms with Crippen molar-refractivity contribution in [2.45, 2.75) is 11.4 Å². The molecular weight excluding hydrogens is 240 g/mol. The van der Waals surface area contributed by atoms with Gasteiger partial charge >= 0.3 is 0 Å². The van der Waals surface area contributed by atoms with Crippen molar-refractivity contribution in [2.75, 3.05) is 11.6 Å². The number of nitrogens with zero attached hydrogens (tertiary/aromatic N) is 2. The molecule has 2 heterocycles. The maximum Gasteiger partial charge on any atom is 0.179 e. The number of imidazole rings is 1. The Labute approximate surface area is 99.0 Å². The van der Waals surface area contributed by atoms with Gasteiger partial charge in [-0.05, 0) is 12.1 Å². The lowest BCUT2D eigenvalue weighted by molar-refractivity contribution is 0.601. The Kier molecular flexibility index (Phi) is 3.10. The summed E-state index contributed by atoms with van der Waals surface area (Å²) < 4.78 is 23.0. The lowest BCUT2D eigenvalue weighted by atomic mass is 10.4. The molecule has 0 atom stereocenters. The van der Waals surface area contributed by atoms with Gasteiger partial charge in [0, 0.05) is 24.8 Å². The molecule has 0 fully saturated rings. The molecule has 0 unspecified atom stereocenters. The Morgan fingerprint density at radius 3 is 2.82 bits per heavy atom. The Hall–Kier alpha value is -1.89. The zero-order chi connectivity index (χ0) is 12.3. The first-order chi connectivity index (χ1) is 8.07. The molecule has 7 heteroatoms. The summed E-state index contributed by atoms with van der Waals surface area (Å²) in [7, 11) is -3.28. The van der Waals surface area contributed by atoms with Gasteiger partial charge in [-0.15, -0.1) is 0 Å². The van der Waals surface area contributed by atoms with Crippen LogP contribution in [0.25, 0.3) is 0 Å². The zero-order valence-electron chi connectivity index (χ0n) is 9.21. The second-order valence-electron chi connectivity index (χ2n) is 3.51. The summed E-state index contributed by atoms with van der Waals surface area (Å²) >= 11 is 0. The molecule has 0 aliphatic heterocycles. The standard InChI is InChI=1S/C10H12N4O2S/c1-17(15,16)8-3-2-4-13-10(8)14-7-9-11-5-6-12-9/h2-6H,7H2,1H3,(H,11,12)(H,13,14). The van der Waals surface area contributed by atoms with Crippen LogP contribution in [-0.4, -0.2) is 29.6 Å². The normalized spacial score (nSPS) is 11.4. The van der Waals surface area contributed by atoms with Crippen molar-refractivity contribution < 1.29 is 8.42 Å². The third-order valence-electron chi connectivity index (χ3n) is 2.15. The van der Waals surface area contributed by atoms with Crippen molar-refractivity contribution in [2.24, 2.45) is 0 Å². The highest BCUT2D eigenvalue weighted by molar-refractivity contribution is 7.90. The van der Waals surface area contributed by atoms with Crippen LogP contribution in [0.4, 0.5) is 5.82 Å². The van der Waals surface area contributed by atoms with Crippen molar-refractivity contribution in [1.29, 1.82) is 0 Å². The van der Waals surface area contributed by atoms with Gasteiger partial charge in [0.2, 0.25) is 0 Å². The lowest BCUT2D eigenvalue weighted by Crippen LogP contribution is -2.08. The molecule has 0 amide bonds. The fourth-order valence-electron chi connectivity index (χ4n) is 1.38. The third kappa shape index (κ3) is 2.82. The van der Waals surface area contributed by atoms with E-state index in [-0.39, 0.29) is 4.90 Å². The molecule has 90 valence electrons. The average molecular weight is 252 g/mol. The van der Waals surface area contributed by atoms with E-state index in [9.17, 15) is 8.42 Å². The van der Waals surface area contributed by atoms with Gasteiger partial charge in [0.1, 0.15) is 16.5 Å². The van der Waals surface area contributed by atoms with Gasteiger partial charge in [-0.1, -0.05) is 0 Å². The highest BCUT2D eigenvalue weighted by Crippen LogP contribution is 2.17. The van der Waals surface area contributed by atoms with E-state index in [4.69, 9.17) is 0 Å². The Bertz CT molecular complexity index is 593. The van der Waals surface area contributed by atoms with Crippen molar-refractivity contribution in [3.8, 4) is 0 Å². The molecule has 0 spiro atoms. The molecule has 2 aromatic heterocycles. The molecule has 0 saturated heterocycles. The van der Waals surface area contributed by atoms with E-state index in [2.05, 4.69) is 20.3 Å². The van der Waals surface area contributed by atoms with E-state index < -0.39 is 9.84 Å². The van der Waals surface area contributed by atoms with Crippen LogP contribution in [0.15, 0.2) is 35.6 Å². The van der Waals surface area contributed by atoms with Crippen LogP contribution in [0.5, 0.6) is 0 Å². The number of sulfone groups is 1. The summed E-state index contributed by atoms with van der Waals surface area (Å²) in [5.41, 5.74) is 0. The van der Waals surface area contributed by atoms with Gasteiger partial charge in [0.05, 0.1) is 6.54 Å². The highest BCUT2D eigenvalue weighted by Gasteiger charge is 2.13. The van der Waals surface area contributed by atoms with Gasteiger partial charge in [0.15, 0.2) is 9.84 Å². The predicted octanol–water partition coefficient (Wildman–Crippen LogP) is 0.820. The summed E-state index contributed by atoms with van der Waals surface area (Å²) in [5, 5.41) is 2.94. The van der Waals surface area contributed by atoms with Crippen LogP contribution in [0.1, 0.15) is 5.82 Å². The Morgan fingerprint density at radius 1 is 1.35 bits per heavy atom. The van der Waals surface area contributed by atoms with Gasteiger partial charge < -0.3 is 10.3 Å². The van der Waals surface area contributed by atoms with Crippen LogP contribution in [0, 0.1) is 0 Å². The van der Waals surface area contributed by atoms with Crippen molar-refractivity contribution in [3.63, 3.8) is 0 Å². The van der Waals surface area contributed by atoms with Crippen LogP contribution >= 0.6 is 0 Å². The van der Waals surface area contributed by atoms with Crippen molar-refractivity contribution in [1.82, 2.24) is 15.0 Å². The van der Waals surface area contributed by atoms with Crippen molar-refractivity contribution >= 4 is 15.7 Å². The average Bonchev–Trinajstić information content (AvgIpc) is 2.78. The molecule has 6 nitrogen and oxygen atoms in total. The number of anilines is 1. The Balaban J connectivity index is 2.22. The number of H-pyrrole nitrogens is 1. The first kappa shape index (κ1) is 11.6. The number of nitrogens with one attached hydrogen (secondary N) is 2. The number of rotatable bonds is 4. The van der Waals surface area contributed by atoms with E-state index in [1.165, 1.54) is 6.07 Å². The number of hydrogen-bond donors (Lipinski definition) is 2. The van der Waals surface area contributed by atoms with Gasteiger partial charge in [-0.2, -0.15) is 0 Å². The molecule has 17 heavy (non-hydrogen) atoms. The molecule has 0 aliphatic carbocycles. The molecule has 2 rings (SSSR count). The zero-order valence-corrected chi connectivity index (χ0v) is 10.0. The summed E-state index contributed by atoms with van der Waals surface area (Å²) in [4.78, 5) is 11.1. The molecule has 0 radical (unpaired) electrons. The van der Waals surface area contributed by atoms with Gasteiger partial charge in [-0.3, -0.25) is 0 Å². The number of aromatic nitrogens is 3. The lowest BCUT2D eigenvalue weighted by Gasteiger charge is -2.07. The van der Waals surface area contributed by atoms with Crippen molar-refractivity contribution in [3.05, 3.63) is 36.5 Å². The van der Waals surface area contributed by atoms with Gasteiger partial charge in [-0.25, -0.2) is 18.4 Å². The van der Waals surface area contributed by atoms with Crippen LogP contribution in [-0.2, 0) is 16.4 Å². The summed E-state index contributed by atoms with van der Waals surface area (Å²) in [6.45, 7) is 0.395. The first-order valence-electron chi connectivity index (χ1n) is 4.94. The van der Waals surface area contributed by atoms with E-state index in [0.717, 1.165) is 12.1 Å². The molecule has 0 bridgehead atoms. The molecule has 0 aliphatic rings. The predicted molar refractivity (Wildman–Crippen MR) is 63.3 cm³/mol. The largest absolute Gasteiger partial charge is 0.362 e. The maximum atomic E-state index is 11.5. The SMILES string of the molecule is CS(=O)(=O)c1cccnc1NCc1ncc[nH]1. The monoisotopic (exact) mass is 252 g/mol.